The van der Waals surface area contributed by atoms with Gasteiger partial charge >= 0.3 is 6.03 Å². The summed E-state index contributed by atoms with van der Waals surface area (Å²) in [5.41, 5.74) is 0. The molecular weight excluding hydrogens is 240 g/mol. The smallest absolute Gasteiger partial charge is 0.317 e. The van der Waals surface area contributed by atoms with E-state index in [9.17, 15) is 4.79 Å². The Balaban J connectivity index is 1.65. The van der Waals surface area contributed by atoms with Crippen LogP contribution in [0.15, 0.2) is 12.4 Å². The van der Waals surface area contributed by atoms with E-state index in [1.807, 2.05) is 24.2 Å². The largest absolute Gasteiger partial charge is 0.338 e. The van der Waals surface area contributed by atoms with Crippen LogP contribution in [0.5, 0.6) is 0 Å². The highest BCUT2D eigenvalue weighted by Crippen LogP contribution is 2.15. The van der Waals surface area contributed by atoms with Crippen molar-refractivity contribution in [2.75, 3.05) is 19.6 Å². The van der Waals surface area contributed by atoms with Crippen LogP contribution >= 0.6 is 0 Å². The standard InChI is InChI=1S/C14H24N4O/c1-12-5-3-8-18(11-12)14(19)16-6-4-9-17-10-7-15-13(17)2/h7,10,12H,3-6,8-9,11H2,1-2H3,(H,16,19). The van der Waals surface area contributed by atoms with Crippen LogP contribution in [0.3, 0.4) is 0 Å². The lowest BCUT2D eigenvalue weighted by Crippen LogP contribution is -2.45. The van der Waals surface area contributed by atoms with Gasteiger partial charge in [-0.05, 0) is 32.1 Å². The molecular formula is C14H24N4O. The maximum Gasteiger partial charge on any atom is 0.317 e. The quantitative estimate of drug-likeness (QED) is 0.846. The van der Waals surface area contributed by atoms with Gasteiger partial charge in [-0.25, -0.2) is 9.78 Å². The van der Waals surface area contributed by atoms with Crippen molar-refractivity contribution in [1.82, 2.24) is 19.8 Å². The van der Waals surface area contributed by atoms with Gasteiger partial charge in [0.25, 0.3) is 0 Å². The van der Waals surface area contributed by atoms with Gasteiger partial charge in [0, 0.05) is 38.6 Å². The Labute approximate surface area is 115 Å². The summed E-state index contributed by atoms with van der Waals surface area (Å²) < 4.78 is 2.11. The molecule has 1 aliphatic rings. The first-order chi connectivity index (χ1) is 9.16. The third kappa shape index (κ3) is 3.98. The number of nitrogens with zero attached hydrogens (tertiary/aromatic N) is 3. The first-order valence-electron chi connectivity index (χ1n) is 7.17. The summed E-state index contributed by atoms with van der Waals surface area (Å²) >= 11 is 0. The minimum absolute atomic E-state index is 0.0916. The highest BCUT2D eigenvalue weighted by atomic mass is 16.2. The van der Waals surface area contributed by atoms with Crippen molar-refractivity contribution in [2.24, 2.45) is 5.92 Å². The lowest BCUT2D eigenvalue weighted by molar-refractivity contribution is 0.169. The predicted octanol–water partition coefficient (Wildman–Crippen LogP) is 2.02. The molecule has 1 saturated heterocycles. The van der Waals surface area contributed by atoms with Crippen LogP contribution in [0.4, 0.5) is 4.79 Å². The molecule has 0 bridgehead atoms. The molecule has 2 rings (SSSR count). The summed E-state index contributed by atoms with van der Waals surface area (Å²) in [6, 6.07) is 0.0916. The van der Waals surface area contributed by atoms with Gasteiger partial charge in [0.1, 0.15) is 5.82 Å². The molecule has 0 spiro atoms. The molecule has 19 heavy (non-hydrogen) atoms. The highest BCUT2D eigenvalue weighted by molar-refractivity contribution is 5.74. The minimum Gasteiger partial charge on any atom is -0.338 e. The number of piperidine rings is 1. The molecule has 1 aromatic heterocycles. The molecule has 1 unspecified atom stereocenters. The van der Waals surface area contributed by atoms with Crippen molar-refractivity contribution in [1.29, 1.82) is 0 Å². The van der Waals surface area contributed by atoms with Crippen LogP contribution in [-0.2, 0) is 6.54 Å². The second kappa shape index (κ2) is 6.59. The average molecular weight is 264 g/mol. The Morgan fingerprint density at radius 2 is 2.42 bits per heavy atom. The normalized spacial score (nSPS) is 19.5. The van der Waals surface area contributed by atoms with Crippen molar-refractivity contribution in [3.63, 3.8) is 0 Å². The highest BCUT2D eigenvalue weighted by Gasteiger charge is 2.20. The van der Waals surface area contributed by atoms with Gasteiger partial charge in [-0.2, -0.15) is 0 Å². The predicted molar refractivity (Wildman–Crippen MR) is 75.0 cm³/mol. The molecule has 1 N–H and O–H groups in total. The number of nitrogens with one attached hydrogen (secondary N) is 1. The van der Waals surface area contributed by atoms with Crippen LogP contribution in [0.25, 0.3) is 0 Å². The molecule has 1 atom stereocenters. The van der Waals surface area contributed by atoms with Gasteiger partial charge in [-0.1, -0.05) is 6.92 Å². The Morgan fingerprint density at radius 1 is 1.58 bits per heavy atom. The molecule has 2 heterocycles. The molecule has 1 fully saturated rings. The second-order valence-corrected chi connectivity index (χ2v) is 5.45. The van der Waals surface area contributed by atoms with E-state index >= 15 is 0 Å². The van der Waals surface area contributed by atoms with Crippen LogP contribution in [0.1, 0.15) is 32.0 Å². The van der Waals surface area contributed by atoms with Crippen molar-refractivity contribution in [3.8, 4) is 0 Å². The summed E-state index contributed by atoms with van der Waals surface area (Å²) in [5.74, 6) is 1.66. The number of amides is 2. The number of aryl methyl sites for hydroxylation is 2. The summed E-state index contributed by atoms with van der Waals surface area (Å²) in [7, 11) is 0. The second-order valence-electron chi connectivity index (χ2n) is 5.45. The van der Waals surface area contributed by atoms with Crippen molar-refractivity contribution < 1.29 is 4.79 Å². The molecule has 5 heteroatoms. The first-order valence-corrected chi connectivity index (χ1v) is 7.17. The van der Waals surface area contributed by atoms with E-state index < -0.39 is 0 Å². The molecule has 5 nitrogen and oxygen atoms in total. The molecule has 0 aromatic carbocycles. The maximum absolute atomic E-state index is 12.0. The van der Waals surface area contributed by atoms with E-state index in [0.717, 1.165) is 44.8 Å². The Hall–Kier alpha value is -1.52. The van der Waals surface area contributed by atoms with Gasteiger partial charge in [0.05, 0.1) is 0 Å². The number of rotatable bonds is 4. The van der Waals surface area contributed by atoms with E-state index in [1.165, 1.54) is 6.42 Å². The fourth-order valence-corrected chi connectivity index (χ4v) is 2.57. The topological polar surface area (TPSA) is 50.2 Å². The van der Waals surface area contributed by atoms with Crippen molar-refractivity contribution in [3.05, 3.63) is 18.2 Å². The van der Waals surface area contributed by atoms with Crippen LogP contribution in [0.2, 0.25) is 0 Å². The third-order valence-electron chi connectivity index (χ3n) is 3.72. The van der Waals surface area contributed by atoms with E-state index in [2.05, 4.69) is 21.8 Å². The molecule has 0 aliphatic carbocycles. The molecule has 106 valence electrons. The van der Waals surface area contributed by atoms with Crippen molar-refractivity contribution >= 4 is 6.03 Å². The van der Waals surface area contributed by atoms with Gasteiger partial charge in [0.2, 0.25) is 0 Å². The van der Waals surface area contributed by atoms with Gasteiger partial charge in [-0.3, -0.25) is 0 Å². The summed E-state index contributed by atoms with van der Waals surface area (Å²) in [5, 5.41) is 3.01. The van der Waals surface area contributed by atoms with Crippen molar-refractivity contribution in [2.45, 2.75) is 39.7 Å². The number of aromatic nitrogens is 2. The zero-order valence-corrected chi connectivity index (χ0v) is 11.9. The number of urea groups is 1. The van der Waals surface area contributed by atoms with E-state index in [0.29, 0.717) is 5.92 Å². The van der Waals surface area contributed by atoms with Gasteiger partial charge in [0.15, 0.2) is 0 Å². The first kappa shape index (κ1) is 13.9. The fourth-order valence-electron chi connectivity index (χ4n) is 2.57. The number of imidazole rings is 1. The molecule has 0 radical (unpaired) electrons. The van der Waals surface area contributed by atoms with E-state index in [1.54, 1.807) is 0 Å². The molecule has 2 amide bonds. The van der Waals surface area contributed by atoms with E-state index in [4.69, 9.17) is 0 Å². The molecule has 0 saturated carbocycles. The van der Waals surface area contributed by atoms with Gasteiger partial charge < -0.3 is 14.8 Å². The lowest BCUT2D eigenvalue weighted by Gasteiger charge is -2.30. The number of carbonyl (C=O) groups excluding carboxylic acids is 1. The average Bonchev–Trinajstić information content (AvgIpc) is 2.80. The molecule has 1 aromatic rings. The van der Waals surface area contributed by atoms with Crippen LogP contribution in [-0.4, -0.2) is 40.1 Å². The Kier molecular flexibility index (Phi) is 4.82. The Bertz CT molecular complexity index is 415. The Morgan fingerprint density at radius 3 is 3.11 bits per heavy atom. The SMILES string of the molecule is Cc1nccn1CCCNC(=O)N1CCCC(C)C1. The van der Waals surface area contributed by atoms with Crippen LogP contribution in [0, 0.1) is 12.8 Å². The zero-order chi connectivity index (χ0) is 13.7. The fraction of sp³-hybridized carbons (Fsp3) is 0.714. The lowest BCUT2D eigenvalue weighted by atomic mass is 10.0. The third-order valence-corrected chi connectivity index (χ3v) is 3.72. The number of carbonyl (C=O) groups is 1. The van der Waals surface area contributed by atoms with E-state index in [-0.39, 0.29) is 6.03 Å². The number of likely N-dealkylation sites (tertiary alicyclic amines) is 1. The minimum atomic E-state index is 0.0916. The number of hydrogen-bond donors (Lipinski definition) is 1. The van der Waals surface area contributed by atoms with Gasteiger partial charge in [-0.15, -0.1) is 0 Å². The monoisotopic (exact) mass is 264 g/mol. The van der Waals surface area contributed by atoms with Crippen LogP contribution < -0.4 is 5.32 Å². The maximum atomic E-state index is 12.0. The summed E-state index contributed by atoms with van der Waals surface area (Å²) in [6.07, 6.45) is 7.09. The summed E-state index contributed by atoms with van der Waals surface area (Å²) in [6.45, 7) is 7.63. The number of hydrogen-bond acceptors (Lipinski definition) is 2. The zero-order valence-electron chi connectivity index (χ0n) is 11.9. The molecule has 1 aliphatic heterocycles. The summed E-state index contributed by atoms with van der Waals surface area (Å²) in [4.78, 5) is 18.1.